The number of hydrogen-bond acceptors (Lipinski definition) is 2. The van der Waals surface area contributed by atoms with E-state index in [1.165, 1.54) is 0 Å². The van der Waals surface area contributed by atoms with Gasteiger partial charge in [0.1, 0.15) is 0 Å². The monoisotopic (exact) mass is 184 g/mol. The van der Waals surface area contributed by atoms with Gasteiger partial charge in [-0.15, -0.1) is 0 Å². The van der Waals surface area contributed by atoms with Crippen LogP contribution in [0, 0.1) is 0 Å². The molecule has 0 heterocycles. The molecule has 0 fully saturated rings. The fourth-order valence-electron chi connectivity index (χ4n) is 1.55. The Balaban J connectivity index is 2.90. The molecule has 0 radical (unpaired) electrons. The van der Waals surface area contributed by atoms with Crippen LogP contribution in [0.1, 0.15) is 20.7 Å². The predicted molar refractivity (Wildman–Crippen MR) is 54.7 cm³/mol. The van der Waals surface area contributed by atoms with Gasteiger partial charge in [0.05, 0.1) is 0 Å². The summed E-state index contributed by atoms with van der Waals surface area (Å²) in [7, 11) is 0. The van der Waals surface area contributed by atoms with Crippen molar-refractivity contribution in [2.24, 2.45) is 0 Å². The molecule has 0 aliphatic carbocycles. The Morgan fingerprint density at radius 2 is 1.64 bits per heavy atom. The van der Waals surface area contributed by atoms with Gasteiger partial charge < -0.3 is 0 Å². The smallest absolute Gasteiger partial charge is 0.151 e. The minimum Gasteiger partial charge on any atom is -0.298 e. The lowest BCUT2D eigenvalue weighted by Crippen LogP contribution is -1.91. The molecule has 0 spiro atoms. The molecule has 2 aromatic rings. The Morgan fingerprint density at radius 1 is 0.857 bits per heavy atom. The van der Waals surface area contributed by atoms with Gasteiger partial charge >= 0.3 is 0 Å². The van der Waals surface area contributed by atoms with Crippen LogP contribution in [0.15, 0.2) is 36.4 Å². The van der Waals surface area contributed by atoms with E-state index in [-0.39, 0.29) is 0 Å². The molecule has 0 saturated heterocycles. The first-order valence-corrected chi connectivity index (χ1v) is 4.29. The topological polar surface area (TPSA) is 34.1 Å². The lowest BCUT2D eigenvalue weighted by atomic mass is 10.0. The summed E-state index contributed by atoms with van der Waals surface area (Å²) in [5, 5.41) is 1.80. The number of benzene rings is 2. The molecule has 0 saturated carbocycles. The standard InChI is InChI=1S/C12H8O2/c13-7-10-6-5-9-3-1-2-4-11(9)12(10)8-14/h1-8H. The number of aldehydes is 2. The van der Waals surface area contributed by atoms with Gasteiger partial charge in [-0.25, -0.2) is 0 Å². The summed E-state index contributed by atoms with van der Waals surface area (Å²) in [5.41, 5.74) is 0.914. The molecule has 68 valence electrons. The zero-order chi connectivity index (χ0) is 9.97. The zero-order valence-corrected chi connectivity index (χ0v) is 7.44. The summed E-state index contributed by atoms with van der Waals surface area (Å²) in [4.78, 5) is 21.5. The van der Waals surface area contributed by atoms with Gasteiger partial charge in [0.2, 0.25) is 0 Å². The molecule has 0 atom stereocenters. The van der Waals surface area contributed by atoms with Crippen LogP contribution in [0.25, 0.3) is 10.8 Å². The number of carbonyl (C=O) groups is 2. The maximum absolute atomic E-state index is 10.8. The lowest BCUT2D eigenvalue weighted by molar-refractivity contribution is 0.109. The first-order valence-electron chi connectivity index (χ1n) is 4.29. The van der Waals surface area contributed by atoms with Crippen LogP contribution >= 0.6 is 0 Å². The summed E-state index contributed by atoms with van der Waals surface area (Å²) in [6.45, 7) is 0. The molecular weight excluding hydrogens is 176 g/mol. The van der Waals surface area contributed by atoms with Crippen molar-refractivity contribution in [1.82, 2.24) is 0 Å². The van der Waals surface area contributed by atoms with Crippen molar-refractivity contribution >= 4 is 23.3 Å². The predicted octanol–water partition coefficient (Wildman–Crippen LogP) is 2.46. The molecule has 2 rings (SSSR count). The largest absolute Gasteiger partial charge is 0.298 e. The highest BCUT2D eigenvalue weighted by Gasteiger charge is 2.04. The number of fused-ring (bicyclic) bond motifs is 1. The Hall–Kier alpha value is -1.96. The van der Waals surface area contributed by atoms with E-state index < -0.39 is 0 Å². The van der Waals surface area contributed by atoms with Crippen molar-refractivity contribution < 1.29 is 9.59 Å². The van der Waals surface area contributed by atoms with E-state index in [4.69, 9.17) is 0 Å². The van der Waals surface area contributed by atoms with Gasteiger partial charge in [0.25, 0.3) is 0 Å². The molecule has 2 heteroatoms. The summed E-state index contributed by atoms with van der Waals surface area (Å²) in [5.74, 6) is 0. The summed E-state index contributed by atoms with van der Waals surface area (Å²) in [6.07, 6.45) is 1.43. The highest BCUT2D eigenvalue weighted by atomic mass is 16.1. The summed E-state index contributed by atoms with van der Waals surface area (Å²) >= 11 is 0. The normalized spacial score (nSPS) is 10.0. The van der Waals surface area contributed by atoms with Gasteiger partial charge in [-0.2, -0.15) is 0 Å². The molecular formula is C12H8O2. The molecule has 2 nitrogen and oxygen atoms in total. The average Bonchev–Trinajstić information content (AvgIpc) is 2.27. The van der Waals surface area contributed by atoms with Crippen molar-refractivity contribution in [3.63, 3.8) is 0 Å². The van der Waals surface area contributed by atoms with Gasteiger partial charge in [0.15, 0.2) is 12.6 Å². The third-order valence-corrected chi connectivity index (χ3v) is 2.25. The average molecular weight is 184 g/mol. The molecule has 0 N–H and O–H groups in total. The summed E-state index contributed by atoms with van der Waals surface area (Å²) in [6, 6.07) is 11.0. The quantitative estimate of drug-likeness (QED) is 0.672. The van der Waals surface area contributed by atoms with Crippen LogP contribution in [0.2, 0.25) is 0 Å². The van der Waals surface area contributed by atoms with E-state index in [0.29, 0.717) is 17.4 Å². The first kappa shape index (κ1) is 8.63. The molecule has 0 bridgehead atoms. The highest BCUT2D eigenvalue weighted by Crippen LogP contribution is 2.19. The van der Waals surface area contributed by atoms with Crippen LogP contribution in [0.3, 0.4) is 0 Å². The van der Waals surface area contributed by atoms with Crippen molar-refractivity contribution in [3.05, 3.63) is 47.5 Å². The number of hydrogen-bond donors (Lipinski definition) is 0. The zero-order valence-electron chi connectivity index (χ0n) is 7.44. The van der Waals surface area contributed by atoms with E-state index in [9.17, 15) is 9.59 Å². The van der Waals surface area contributed by atoms with Crippen LogP contribution in [0.5, 0.6) is 0 Å². The van der Waals surface area contributed by atoms with Gasteiger partial charge in [-0.3, -0.25) is 9.59 Å². The van der Waals surface area contributed by atoms with E-state index in [1.54, 1.807) is 6.07 Å². The van der Waals surface area contributed by atoms with Crippen LogP contribution in [-0.2, 0) is 0 Å². The van der Waals surface area contributed by atoms with Crippen LogP contribution in [0.4, 0.5) is 0 Å². The second-order valence-electron chi connectivity index (χ2n) is 3.03. The fourth-order valence-corrected chi connectivity index (χ4v) is 1.55. The second-order valence-corrected chi connectivity index (χ2v) is 3.03. The molecule has 2 aromatic carbocycles. The van der Waals surface area contributed by atoms with Gasteiger partial charge in [-0.05, 0) is 10.8 Å². The number of carbonyl (C=O) groups excluding carboxylic acids is 2. The SMILES string of the molecule is O=Cc1ccc2ccccc2c1C=O. The molecule has 0 aliphatic heterocycles. The van der Waals surface area contributed by atoms with Gasteiger partial charge in [-0.1, -0.05) is 36.4 Å². The van der Waals surface area contributed by atoms with Gasteiger partial charge in [0, 0.05) is 11.1 Å². The van der Waals surface area contributed by atoms with E-state index >= 15 is 0 Å². The maximum atomic E-state index is 10.8. The summed E-state index contributed by atoms with van der Waals surface area (Å²) < 4.78 is 0. The molecule has 14 heavy (non-hydrogen) atoms. The van der Waals surface area contributed by atoms with Crippen molar-refractivity contribution in [1.29, 1.82) is 0 Å². The molecule has 0 aromatic heterocycles. The molecule has 0 aliphatic rings. The maximum Gasteiger partial charge on any atom is 0.151 e. The van der Waals surface area contributed by atoms with Crippen molar-refractivity contribution in [2.45, 2.75) is 0 Å². The highest BCUT2D eigenvalue weighted by molar-refractivity contribution is 6.04. The Kier molecular flexibility index (Phi) is 2.11. The number of rotatable bonds is 2. The molecule has 0 amide bonds. The molecule has 0 unspecified atom stereocenters. The van der Waals surface area contributed by atoms with E-state index in [1.807, 2.05) is 30.3 Å². The Labute approximate surface area is 81.2 Å². The van der Waals surface area contributed by atoms with E-state index in [2.05, 4.69) is 0 Å². The Bertz CT molecular complexity index is 501. The van der Waals surface area contributed by atoms with Crippen molar-refractivity contribution in [2.75, 3.05) is 0 Å². The first-order chi connectivity index (χ1) is 6.86. The van der Waals surface area contributed by atoms with E-state index in [0.717, 1.165) is 17.1 Å². The van der Waals surface area contributed by atoms with Crippen LogP contribution < -0.4 is 0 Å². The minimum absolute atomic E-state index is 0.443. The van der Waals surface area contributed by atoms with Crippen LogP contribution in [-0.4, -0.2) is 12.6 Å². The minimum atomic E-state index is 0.443. The van der Waals surface area contributed by atoms with Crippen molar-refractivity contribution in [3.8, 4) is 0 Å². The Morgan fingerprint density at radius 3 is 2.36 bits per heavy atom. The lowest BCUT2D eigenvalue weighted by Gasteiger charge is -2.02. The third kappa shape index (κ3) is 1.21. The fraction of sp³-hybridized carbons (Fsp3) is 0. The second kappa shape index (κ2) is 3.42. The third-order valence-electron chi connectivity index (χ3n) is 2.25.